The van der Waals surface area contributed by atoms with E-state index >= 15 is 0 Å². The Morgan fingerprint density at radius 2 is 1.55 bits per heavy atom. The molecule has 170 valence electrons. The lowest BCUT2D eigenvalue weighted by Crippen LogP contribution is -2.32. The normalized spacial score (nSPS) is 11.3. The molecule has 0 heterocycles. The first kappa shape index (κ1) is 24.5. The van der Waals surface area contributed by atoms with Gasteiger partial charge >= 0.3 is 0 Å². The lowest BCUT2D eigenvalue weighted by Gasteiger charge is -2.22. The Hall–Kier alpha value is -2.78. The van der Waals surface area contributed by atoms with Gasteiger partial charge in [0.15, 0.2) is 0 Å². The summed E-state index contributed by atoms with van der Waals surface area (Å²) in [5.41, 5.74) is 0.262. The molecule has 0 aliphatic rings. The number of hydrogen-bond donors (Lipinski definition) is 0. The summed E-state index contributed by atoms with van der Waals surface area (Å²) >= 11 is 0. The molecule has 0 aliphatic heterocycles. The largest absolute Gasteiger partial charge is 0.497 e. The maximum Gasteiger partial charge on any atom is 0.253 e. The standard InChI is InChI=1S/C22H30N2O6S/c1-6-24(7-2)31(26,27)21-16-17(8-13-20(21)29-5)22(25)23(3)14-15-30-19-11-9-18(28-4)10-12-19/h8-13,16H,6-7,14-15H2,1-5H3. The number of carbonyl (C=O) groups is 1. The fourth-order valence-corrected chi connectivity index (χ4v) is 4.65. The van der Waals surface area contributed by atoms with Crippen molar-refractivity contribution >= 4 is 15.9 Å². The molecule has 31 heavy (non-hydrogen) atoms. The van der Waals surface area contributed by atoms with Gasteiger partial charge in [0.1, 0.15) is 28.8 Å². The molecule has 0 fully saturated rings. The maximum absolute atomic E-state index is 13.0. The van der Waals surface area contributed by atoms with E-state index in [-0.39, 0.29) is 28.7 Å². The number of ether oxygens (including phenoxy) is 3. The highest BCUT2D eigenvalue weighted by atomic mass is 32.2. The van der Waals surface area contributed by atoms with Crippen molar-refractivity contribution < 1.29 is 27.4 Å². The molecular weight excluding hydrogens is 420 g/mol. The van der Waals surface area contributed by atoms with Crippen molar-refractivity contribution in [1.82, 2.24) is 9.21 Å². The quantitative estimate of drug-likeness (QED) is 0.523. The number of sulfonamides is 1. The van der Waals surface area contributed by atoms with E-state index in [9.17, 15) is 13.2 Å². The van der Waals surface area contributed by atoms with Gasteiger partial charge in [0.05, 0.1) is 20.8 Å². The molecule has 0 N–H and O–H groups in total. The van der Waals surface area contributed by atoms with Crippen molar-refractivity contribution in [1.29, 1.82) is 0 Å². The van der Waals surface area contributed by atoms with E-state index in [2.05, 4.69) is 0 Å². The number of nitrogens with zero attached hydrogens (tertiary/aromatic N) is 2. The highest BCUT2D eigenvalue weighted by Gasteiger charge is 2.27. The summed E-state index contributed by atoms with van der Waals surface area (Å²) in [5.74, 6) is 1.29. The zero-order valence-electron chi connectivity index (χ0n) is 18.6. The van der Waals surface area contributed by atoms with E-state index < -0.39 is 10.0 Å². The Morgan fingerprint density at radius 3 is 2.10 bits per heavy atom. The van der Waals surface area contributed by atoms with Crippen molar-refractivity contribution in [3.8, 4) is 17.2 Å². The molecule has 2 rings (SSSR count). The lowest BCUT2D eigenvalue weighted by atomic mass is 10.2. The zero-order chi connectivity index (χ0) is 23.0. The molecule has 8 nitrogen and oxygen atoms in total. The SMILES string of the molecule is CCN(CC)S(=O)(=O)c1cc(C(=O)N(C)CCOc2ccc(OC)cc2)ccc1OC. The summed E-state index contributed by atoms with van der Waals surface area (Å²) in [4.78, 5) is 14.3. The molecule has 0 spiro atoms. The Labute approximate surface area is 184 Å². The highest BCUT2D eigenvalue weighted by Crippen LogP contribution is 2.28. The number of carbonyl (C=O) groups excluding carboxylic acids is 1. The fourth-order valence-electron chi connectivity index (χ4n) is 3.01. The number of amides is 1. The Kier molecular flexibility index (Phi) is 8.70. The van der Waals surface area contributed by atoms with E-state index in [1.165, 1.54) is 28.4 Å². The van der Waals surface area contributed by atoms with Gasteiger partial charge in [-0.05, 0) is 42.5 Å². The summed E-state index contributed by atoms with van der Waals surface area (Å²) in [7, 11) is 0.855. The Bertz CT molecular complexity index is 972. The first-order valence-corrected chi connectivity index (χ1v) is 11.4. The van der Waals surface area contributed by atoms with Gasteiger partial charge in [-0.25, -0.2) is 8.42 Å². The van der Waals surface area contributed by atoms with Crippen molar-refractivity contribution in [3.05, 3.63) is 48.0 Å². The third-order valence-electron chi connectivity index (χ3n) is 4.84. The summed E-state index contributed by atoms with van der Waals surface area (Å²) in [5, 5.41) is 0. The van der Waals surface area contributed by atoms with Crippen LogP contribution in [0.2, 0.25) is 0 Å². The van der Waals surface area contributed by atoms with Crippen molar-refractivity contribution in [2.24, 2.45) is 0 Å². The molecule has 0 aliphatic carbocycles. The summed E-state index contributed by atoms with van der Waals surface area (Å²) < 4.78 is 43.3. The minimum Gasteiger partial charge on any atom is -0.497 e. The van der Waals surface area contributed by atoms with Crippen molar-refractivity contribution in [3.63, 3.8) is 0 Å². The summed E-state index contributed by atoms with van der Waals surface area (Å²) in [6.45, 7) is 4.79. The van der Waals surface area contributed by atoms with E-state index in [1.807, 2.05) is 0 Å². The fraction of sp³-hybridized carbons (Fsp3) is 0.409. The van der Waals surface area contributed by atoms with Crippen LogP contribution in [-0.4, -0.2) is 71.0 Å². The van der Waals surface area contributed by atoms with Crippen LogP contribution in [0, 0.1) is 0 Å². The predicted octanol–water partition coefficient (Wildman–Crippen LogP) is 2.89. The molecular formula is C22H30N2O6S. The first-order valence-electron chi connectivity index (χ1n) is 9.98. The number of methoxy groups -OCH3 is 2. The predicted molar refractivity (Wildman–Crippen MR) is 119 cm³/mol. The maximum atomic E-state index is 13.0. The third-order valence-corrected chi connectivity index (χ3v) is 6.91. The summed E-state index contributed by atoms with van der Waals surface area (Å²) in [6, 6.07) is 11.6. The molecule has 0 saturated carbocycles. The molecule has 2 aromatic rings. The van der Waals surface area contributed by atoms with E-state index in [4.69, 9.17) is 14.2 Å². The lowest BCUT2D eigenvalue weighted by molar-refractivity contribution is 0.0773. The smallest absolute Gasteiger partial charge is 0.253 e. The second kappa shape index (κ2) is 11.0. The molecule has 0 bridgehead atoms. The number of hydrogen-bond acceptors (Lipinski definition) is 6. The van der Waals surface area contributed by atoms with Gasteiger partial charge in [-0.1, -0.05) is 13.8 Å². The van der Waals surface area contributed by atoms with Gasteiger partial charge in [0.2, 0.25) is 10.0 Å². The van der Waals surface area contributed by atoms with E-state index in [1.54, 1.807) is 58.3 Å². The third kappa shape index (κ3) is 5.89. The topological polar surface area (TPSA) is 85.4 Å². The van der Waals surface area contributed by atoms with Crippen LogP contribution >= 0.6 is 0 Å². The van der Waals surface area contributed by atoms with Crippen molar-refractivity contribution in [2.45, 2.75) is 18.7 Å². The van der Waals surface area contributed by atoms with Crippen molar-refractivity contribution in [2.75, 3.05) is 47.5 Å². The molecule has 0 saturated heterocycles. The monoisotopic (exact) mass is 450 g/mol. The second-order valence-electron chi connectivity index (χ2n) is 6.71. The molecule has 0 aromatic heterocycles. The van der Waals surface area contributed by atoms with Crippen LogP contribution in [0.15, 0.2) is 47.4 Å². The van der Waals surface area contributed by atoms with Crippen LogP contribution in [0.5, 0.6) is 17.2 Å². The molecule has 0 unspecified atom stereocenters. The minimum atomic E-state index is -3.78. The number of likely N-dealkylation sites (N-methyl/N-ethyl adjacent to an activating group) is 1. The average Bonchev–Trinajstić information content (AvgIpc) is 2.79. The Morgan fingerprint density at radius 1 is 0.935 bits per heavy atom. The van der Waals surface area contributed by atoms with E-state index in [0.717, 1.165) is 5.75 Å². The minimum absolute atomic E-state index is 0.0209. The van der Waals surface area contributed by atoms with Gasteiger partial charge in [-0.2, -0.15) is 4.31 Å². The van der Waals surface area contributed by atoms with Crippen LogP contribution < -0.4 is 14.2 Å². The van der Waals surface area contributed by atoms with Crippen LogP contribution in [0.25, 0.3) is 0 Å². The molecule has 0 radical (unpaired) electrons. The van der Waals surface area contributed by atoms with Gasteiger partial charge < -0.3 is 19.1 Å². The summed E-state index contributed by atoms with van der Waals surface area (Å²) in [6.07, 6.45) is 0. The highest BCUT2D eigenvalue weighted by molar-refractivity contribution is 7.89. The van der Waals surface area contributed by atoms with Crippen LogP contribution in [0.1, 0.15) is 24.2 Å². The van der Waals surface area contributed by atoms with Gasteiger partial charge in [-0.15, -0.1) is 0 Å². The van der Waals surface area contributed by atoms with Gasteiger partial charge in [0.25, 0.3) is 5.91 Å². The van der Waals surface area contributed by atoms with E-state index in [0.29, 0.717) is 25.4 Å². The first-order chi connectivity index (χ1) is 14.8. The van der Waals surface area contributed by atoms with Crippen LogP contribution in [0.4, 0.5) is 0 Å². The number of rotatable bonds is 11. The molecule has 0 atom stereocenters. The molecule has 1 amide bonds. The average molecular weight is 451 g/mol. The second-order valence-corrected chi connectivity index (χ2v) is 8.61. The molecule has 9 heteroatoms. The number of benzene rings is 2. The van der Waals surface area contributed by atoms with Gasteiger partial charge in [0, 0.05) is 25.7 Å². The molecule has 2 aromatic carbocycles. The zero-order valence-corrected chi connectivity index (χ0v) is 19.4. The van der Waals surface area contributed by atoms with Crippen LogP contribution in [-0.2, 0) is 10.0 Å². The van der Waals surface area contributed by atoms with Gasteiger partial charge in [-0.3, -0.25) is 4.79 Å². The van der Waals surface area contributed by atoms with Crippen LogP contribution in [0.3, 0.4) is 0 Å². The Balaban J connectivity index is 2.13.